The molecule has 0 atom stereocenters. The van der Waals surface area contributed by atoms with Gasteiger partial charge in [0.2, 0.25) is 0 Å². The van der Waals surface area contributed by atoms with Gasteiger partial charge in [-0.25, -0.2) is 27.8 Å². The van der Waals surface area contributed by atoms with Gasteiger partial charge in [0.05, 0.1) is 72.4 Å². The summed E-state index contributed by atoms with van der Waals surface area (Å²) in [6.07, 6.45) is 11.5. The minimum atomic E-state index is 0.664. The highest BCUT2D eigenvalue weighted by molar-refractivity contribution is 5.78. The van der Waals surface area contributed by atoms with Crippen LogP contribution in [-0.4, -0.2) is 13.7 Å². The molecule has 0 aliphatic heterocycles. The van der Waals surface area contributed by atoms with Crippen LogP contribution in [0.25, 0.3) is 0 Å². The average molecular weight is 601 g/mol. The highest BCUT2D eigenvalue weighted by atomic mass is 15.3. The Bertz CT molecular complexity index is 1850. The molecule has 0 spiro atoms. The molecule has 224 valence electrons. The van der Waals surface area contributed by atoms with E-state index in [4.69, 9.17) is 0 Å². The van der Waals surface area contributed by atoms with Crippen molar-refractivity contribution in [2.75, 3.05) is 4.90 Å². The van der Waals surface area contributed by atoms with Crippen LogP contribution in [0.4, 0.5) is 52.0 Å². The van der Waals surface area contributed by atoms with Crippen molar-refractivity contribution < 1.29 is 14.1 Å². The van der Waals surface area contributed by atoms with Crippen LogP contribution in [0, 0.1) is 0 Å². The van der Waals surface area contributed by atoms with Crippen molar-refractivity contribution in [3.05, 3.63) is 110 Å². The lowest BCUT2D eigenvalue weighted by Gasteiger charge is -2.25. The molecule has 0 aliphatic carbocycles. The van der Waals surface area contributed by atoms with Crippen LogP contribution in [-0.2, 0) is 35.2 Å². The van der Waals surface area contributed by atoms with Crippen LogP contribution in [0.15, 0.2) is 141 Å². The maximum absolute atomic E-state index is 4.45. The van der Waals surface area contributed by atoms with Crippen molar-refractivity contribution in [1.29, 1.82) is 0 Å². The molecule has 3 heterocycles. The molecule has 0 saturated heterocycles. The van der Waals surface area contributed by atoms with Gasteiger partial charge in [-0.15, -0.1) is 0 Å². The van der Waals surface area contributed by atoms with Gasteiger partial charge in [0, 0.05) is 32.4 Å². The fourth-order valence-corrected chi connectivity index (χ4v) is 4.70. The van der Waals surface area contributed by atoms with Gasteiger partial charge in [-0.1, -0.05) is 15.3 Å². The van der Waals surface area contributed by atoms with Crippen LogP contribution < -0.4 is 19.0 Å². The minimum Gasteiger partial charge on any atom is -0.310 e. The number of benzene rings is 3. The van der Waals surface area contributed by atoms with Crippen molar-refractivity contribution in [1.82, 2.24) is 13.7 Å². The van der Waals surface area contributed by atoms with E-state index in [-0.39, 0.29) is 0 Å². The Morgan fingerprint density at radius 3 is 1.24 bits per heavy atom. The predicted octanol–water partition coefficient (Wildman–Crippen LogP) is 6.88. The van der Waals surface area contributed by atoms with Crippen LogP contribution in [0.2, 0.25) is 0 Å². The van der Waals surface area contributed by atoms with E-state index in [1.165, 1.54) is 0 Å². The molecule has 45 heavy (non-hydrogen) atoms. The third-order valence-corrected chi connectivity index (χ3v) is 7.23. The molecule has 13 heteroatoms. The topological polar surface area (TPSA) is 114 Å². The summed E-state index contributed by atoms with van der Waals surface area (Å²) in [5, 5.41) is 26.5. The van der Waals surface area contributed by atoms with E-state index in [0.29, 0.717) is 5.95 Å². The molecule has 3 aromatic heterocycles. The van der Waals surface area contributed by atoms with Crippen molar-refractivity contribution in [2.45, 2.75) is 0 Å². The molecular formula is C32H34N13+3. The smallest absolute Gasteiger partial charge is 0.310 e. The number of hydrogen-bond acceptors (Lipinski definition) is 7. The van der Waals surface area contributed by atoms with Gasteiger partial charge in [0.25, 0.3) is 0 Å². The molecule has 0 bridgehead atoms. The maximum atomic E-state index is 4.45. The summed E-state index contributed by atoms with van der Waals surface area (Å²) in [6, 6.07) is 23.9. The number of nitrogens with one attached hydrogen (secondary N) is 1. The fourth-order valence-electron chi connectivity index (χ4n) is 4.70. The average Bonchev–Trinajstić information content (AvgIpc) is 3.72. The third kappa shape index (κ3) is 6.46. The van der Waals surface area contributed by atoms with E-state index in [9.17, 15) is 0 Å². The number of azo groups is 3. The molecular weight excluding hydrogens is 566 g/mol. The fraction of sp³-hybridized carbons (Fsp3) is 0.156. The van der Waals surface area contributed by atoms with E-state index in [1.807, 2.05) is 168 Å². The van der Waals surface area contributed by atoms with Crippen LogP contribution in [0.5, 0.6) is 0 Å². The zero-order valence-corrected chi connectivity index (χ0v) is 25.8. The first-order valence-electron chi connectivity index (χ1n) is 14.3. The van der Waals surface area contributed by atoms with E-state index < -0.39 is 0 Å². The normalized spacial score (nSPS) is 11.8. The number of aromatic amines is 1. The first kappa shape index (κ1) is 29.0. The lowest BCUT2D eigenvalue weighted by atomic mass is 10.1. The number of imidazole rings is 3. The highest BCUT2D eigenvalue weighted by Gasteiger charge is 2.15. The summed E-state index contributed by atoms with van der Waals surface area (Å²) < 4.78 is 9.55. The number of anilines is 3. The van der Waals surface area contributed by atoms with Crippen molar-refractivity contribution in [3.8, 4) is 0 Å². The molecule has 6 aromatic rings. The van der Waals surface area contributed by atoms with Crippen molar-refractivity contribution in [3.63, 3.8) is 0 Å². The minimum absolute atomic E-state index is 0.664. The van der Waals surface area contributed by atoms with E-state index in [0.717, 1.165) is 46.0 Å². The lowest BCUT2D eigenvalue weighted by Crippen LogP contribution is -2.25. The number of H-pyrrole nitrogens is 1. The summed E-state index contributed by atoms with van der Waals surface area (Å²) in [5.41, 5.74) is 5.10. The van der Waals surface area contributed by atoms with Gasteiger partial charge in [-0.2, -0.15) is 0 Å². The molecule has 13 nitrogen and oxygen atoms in total. The first-order chi connectivity index (χ1) is 21.9. The first-order valence-corrected chi connectivity index (χ1v) is 14.3. The van der Waals surface area contributed by atoms with Gasteiger partial charge in [-0.3, -0.25) is 0 Å². The molecule has 6 rings (SSSR count). The number of aromatic nitrogens is 6. The van der Waals surface area contributed by atoms with Crippen molar-refractivity contribution >= 4 is 52.0 Å². The number of aryl methyl sites for hydroxylation is 5. The Morgan fingerprint density at radius 1 is 0.511 bits per heavy atom. The second kappa shape index (κ2) is 12.6. The second-order valence-electron chi connectivity index (χ2n) is 10.5. The van der Waals surface area contributed by atoms with Crippen LogP contribution >= 0.6 is 0 Å². The van der Waals surface area contributed by atoms with E-state index in [1.54, 1.807) is 0 Å². The summed E-state index contributed by atoms with van der Waals surface area (Å²) in [7, 11) is 9.67. The Balaban J connectivity index is 1.29. The zero-order valence-electron chi connectivity index (χ0n) is 25.8. The molecule has 3 aromatic carbocycles. The molecule has 0 aliphatic rings. The molecule has 1 N–H and O–H groups in total. The quantitative estimate of drug-likeness (QED) is 0.131. The lowest BCUT2D eigenvalue weighted by molar-refractivity contribution is -0.657. The standard InChI is InChI=1S/C32H33N13/c1-40-19-18-33-30(40)37-34-24-6-12-27(13-7-24)45(28-14-8-25(9-15-28)35-38-31-41(2)20-21-42(31)3)29-16-10-26(11-17-29)36-39-32-43(4)22-23-44(32)5/h6-23H,1-5H3/q+2/p+1. The van der Waals surface area contributed by atoms with Crippen LogP contribution in [0.3, 0.4) is 0 Å². The van der Waals surface area contributed by atoms with E-state index in [2.05, 4.69) is 40.6 Å². The number of rotatable bonds is 9. The predicted molar refractivity (Wildman–Crippen MR) is 169 cm³/mol. The van der Waals surface area contributed by atoms with Gasteiger partial charge < -0.3 is 4.90 Å². The number of hydrogen-bond donors (Lipinski definition) is 0. The molecule has 0 unspecified atom stereocenters. The second-order valence-corrected chi connectivity index (χ2v) is 10.5. The van der Waals surface area contributed by atoms with Gasteiger partial charge in [0.1, 0.15) is 17.1 Å². The summed E-state index contributed by atoms with van der Waals surface area (Å²) in [6.45, 7) is 0. The number of nitrogens with zero attached hydrogens (tertiary/aromatic N) is 12. The summed E-state index contributed by atoms with van der Waals surface area (Å²) >= 11 is 0. The largest absolute Gasteiger partial charge is 0.421 e. The Kier molecular flexibility index (Phi) is 8.14. The monoisotopic (exact) mass is 600 g/mol. The van der Waals surface area contributed by atoms with Crippen LogP contribution in [0.1, 0.15) is 0 Å². The molecule has 0 fully saturated rings. The van der Waals surface area contributed by atoms with Gasteiger partial charge in [0.15, 0.2) is 0 Å². The summed E-state index contributed by atoms with van der Waals surface area (Å²) in [4.78, 5) is 5.22. The third-order valence-electron chi connectivity index (χ3n) is 7.23. The molecule has 0 amide bonds. The summed E-state index contributed by atoms with van der Waals surface area (Å²) in [5.74, 6) is 2.17. The zero-order chi connectivity index (χ0) is 31.3. The Labute approximate surface area is 260 Å². The van der Waals surface area contributed by atoms with Gasteiger partial charge in [-0.05, 0) is 72.8 Å². The Hall–Kier alpha value is -6.11. The SMILES string of the molecule is Cn1cc[nH+]c1N=Nc1ccc(N(c2ccc(N=Nc3n(C)cc[n+]3C)cc2)c2ccc(N=Nc3n(C)cc[n+]3C)cc2)cc1. The molecule has 0 saturated carbocycles. The Morgan fingerprint density at radius 2 is 0.911 bits per heavy atom. The highest BCUT2D eigenvalue weighted by Crippen LogP contribution is 2.37. The van der Waals surface area contributed by atoms with Crippen molar-refractivity contribution in [2.24, 2.45) is 65.9 Å². The van der Waals surface area contributed by atoms with Gasteiger partial charge >= 0.3 is 17.8 Å². The van der Waals surface area contributed by atoms with E-state index >= 15 is 0 Å². The maximum Gasteiger partial charge on any atom is 0.421 e. The molecule has 0 radical (unpaired) electrons.